The van der Waals surface area contributed by atoms with Crippen LogP contribution < -0.4 is 20.3 Å². The van der Waals surface area contributed by atoms with E-state index in [2.05, 4.69) is 44.6 Å². The highest BCUT2D eigenvalue weighted by molar-refractivity contribution is 5.80. The van der Waals surface area contributed by atoms with Crippen molar-refractivity contribution in [3.05, 3.63) is 23.8 Å². The average molecular weight is 416 g/mol. The molecule has 3 atom stereocenters. The summed E-state index contributed by atoms with van der Waals surface area (Å²) in [6.45, 7) is 10.1. The lowest BCUT2D eigenvalue weighted by atomic mass is 9.98. The van der Waals surface area contributed by atoms with E-state index >= 15 is 0 Å². The maximum Gasteiger partial charge on any atom is 0.231 e. The number of rotatable bonds is 4. The number of hydrogen-bond donors (Lipinski definition) is 2. The molecule has 3 unspecified atom stereocenters. The number of carbonyl (C=O) groups excluding carboxylic acids is 1. The van der Waals surface area contributed by atoms with Crippen molar-refractivity contribution in [3.8, 4) is 11.5 Å². The number of hydrazine groups is 1. The SMILES string of the molecule is CC1NNCC1C(=O)N1CCCC(N2CCN(Cc3ccc4c(c3)OCO4)CC2)C1. The molecule has 4 heterocycles. The number of hydrogen-bond acceptors (Lipinski definition) is 7. The highest BCUT2D eigenvalue weighted by Crippen LogP contribution is 2.33. The van der Waals surface area contributed by atoms with Gasteiger partial charge in [-0.05, 0) is 37.5 Å². The first-order valence-electron chi connectivity index (χ1n) is 11.3. The predicted octanol–water partition coefficient (Wildman–Crippen LogP) is 0.636. The Morgan fingerprint density at radius 2 is 1.97 bits per heavy atom. The zero-order valence-corrected chi connectivity index (χ0v) is 17.8. The molecule has 1 aromatic rings. The monoisotopic (exact) mass is 415 g/mol. The van der Waals surface area contributed by atoms with Gasteiger partial charge in [-0.25, -0.2) is 0 Å². The molecule has 3 fully saturated rings. The number of amides is 1. The Morgan fingerprint density at radius 1 is 1.13 bits per heavy atom. The molecule has 164 valence electrons. The van der Waals surface area contributed by atoms with E-state index in [1.165, 1.54) is 12.0 Å². The van der Waals surface area contributed by atoms with Crippen LogP contribution in [0, 0.1) is 5.92 Å². The summed E-state index contributed by atoms with van der Waals surface area (Å²) in [4.78, 5) is 20.2. The second-order valence-electron chi connectivity index (χ2n) is 9.00. The normalized spacial score (nSPS) is 30.0. The van der Waals surface area contributed by atoms with Gasteiger partial charge in [0, 0.05) is 64.4 Å². The van der Waals surface area contributed by atoms with Crippen molar-refractivity contribution in [1.82, 2.24) is 25.6 Å². The molecular weight excluding hydrogens is 382 g/mol. The van der Waals surface area contributed by atoms with E-state index in [4.69, 9.17) is 9.47 Å². The number of ether oxygens (including phenoxy) is 2. The summed E-state index contributed by atoms with van der Waals surface area (Å²) in [6.07, 6.45) is 2.30. The Bertz CT molecular complexity index is 767. The largest absolute Gasteiger partial charge is 0.454 e. The van der Waals surface area contributed by atoms with Gasteiger partial charge in [0.25, 0.3) is 0 Å². The molecule has 4 aliphatic rings. The molecule has 0 saturated carbocycles. The van der Waals surface area contributed by atoms with Crippen molar-refractivity contribution < 1.29 is 14.3 Å². The Hall–Kier alpha value is -1.87. The smallest absolute Gasteiger partial charge is 0.231 e. The van der Waals surface area contributed by atoms with Gasteiger partial charge in [-0.15, -0.1) is 0 Å². The van der Waals surface area contributed by atoms with Crippen LogP contribution in [0.25, 0.3) is 0 Å². The van der Waals surface area contributed by atoms with Crippen LogP contribution in [-0.4, -0.2) is 85.3 Å². The van der Waals surface area contributed by atoms with Crippen LogP contribution in [0.15, 0.2) is 18.2 Å². The van der Waals surface area contributed by atoms with Crippen LogP contribution in [0.4, 0.5) is 0 Å². The van der Waals surface area contributed by atoms with Crippen molar-refractivity contribution in [3.63, 3.8) is 0 Å². The molecule has 8 heteroatoms. The fourth-order valence-electron chi connectivity index (χ4n) is 5.18. The molecule has 0 aromatic heterocycles. The molecule has 3 saturated heterocycles. The summed E-state index contributed by atoms with van der Waals surface area (Å²) in [5.74, 6) is 2.08. The van der Waals surface area contributed by atoms with Gasteiger partial charge in [0.15, 0.2) is 11.5 Å². The van der Waals surface area contributed by atoms with Crippen LogP contribution in [0.1, 0.15) is 25.3 Å². The number of carbonyl (C=O) groups is 1. The lowest BCUT2D eigenvalue weighted by Gasteiger charge is -2.44. The van der Waals surface area contributed by atoms with Gasteiger partial charge in [0.05, 0.1) is 5.92 Å². The number of likely N-dealkylation sites (tertiary alicyclic amines) is 1. The van der Waals surface area contributed by atoms with E-state index in [1.54, 1.807) is 0 Å². The zero-order valence-electron chi connectivity index (χ0n) is 17.8. The summed E-state index contributed by atoms with van der Waals surface area (Å²) < 4.78 is 10.9. The topological polar surface area (TPSA) is 69.3 Å². The molecule has 0 radical (unpaired) electrons. The predicted molar refractivity (Wildman–Crippen MR) is 113 cm³/mol. The molecule has 0 bridgehead atoms. The van der Waals surface area contributed by atoms with Crippen molar-refractivity contribution >= 4 is 5.91 Å². The lowest BCUT2D eigenvalue weighted by molar-refractivity contribution is -0.137. The van der Waals surface area contributed by atoms with Gasteiger partial charge >= 0.3 is 0 Å². The fourth-order valence-corrected chi connectivity index (χ4v) is 5.18. The molecule has 4 aliphatic heterocycles. The minimum atomic E-state index is 0.0577. The van der Waals surface area contributed by atoms with Crippen molar-refractivity contribution in [1.29, 1.82) is 0 Å². The maximum absolute atomic E-state index is 13.0. The quantitative estimate of drug-likeness (QED) is 0.748. The Kier molecular flexibility index (Phi) is 5.82. The van der Waals surface area contributed by atoms with Crippen molar-refractivity contribution in [2.24, 2.45) is 5.92 Å². The second kappa shape index (κ2) is 8.70. The molecular formula is C22H33N5O3. The van der Waals surface area contributed by atoms with Gasteiger partial charge in [-0.3, -0.25) is 25.4 Å². The molecule has 0 spiro atoms. The average Bonchev–Trinajstić information content (AvgIpc) is 3.42. The van der Waals surface area contributed by atoms with Gasteiger partial charge < -0.3 is 14.4 Å². The third kappa shape index (κ3) is 4.14. The molecule has 8 nitrogen and oxygen atoms in total. The first kappa shape index (κ1) is 20.1. The summed E-state index contributed by atoms with van der Waals surface area (Å²) in [7, 11) is 0. The van der Waals surface area contributed by atoms with E-state index in [9.17, 15) is 4.79 Å². The van der Waals surface area contributed by atoms with Crippen molar-refractivity contribution in [2.45, 2.75) is 38.4 Å². The minimum Gasteiger partial charge on any atom is -0.454 e. The third-order valence-corrected chi connectivity index (χ3v) is 7.05. The molecule has 2 N–H and O–H groups in total. The molecule has 1 amide bonds. The number of nitrogens with zero attached hydrogens (tertiary/aromatic N) is 3. The van der Waals surface area contributed by atoms with E-state index < -0.39 is 0 Å². The highest BCUT2D eigenvalue weighted by atomic mass is 16.7. The Labute approximate surface area is 178 Å². The van der Waals surface area contributed by atoms with E-state index in [1.807, 2.05) is 6.07 Å². The standard InChI is InChI=1S/C22H33N5O3/c1-16-19(12-23-24-16)22(28)27-6-2-3-18(14-27)26-9-7-25(8-10-26)13-17-4-5-20-21(11-17)30-15-29-20/h4-5,11,16,18-19,23-24H,2-3,6-10,12-15H2,1H3. The van der Waals surface area contributed by atoms with E-state index in [0.717, 1.165) is 70.3 Å². The van der Waals surface area contributed by atoms with E-state index in [-0.39, 0.29) is 12.0 Å². The van der Waals surface area contributed by atoms with Crippen LogP contribution in [0.3, 0.4) is 0 Å². The molecule has 1 aromatic carbocycles. The lowest BCUT2D eigenvalue weighted by Crippen LogP contribution is -2.56. The number of nitrogens with one attached hydrogen (secondary N) is 2. The van der Waals surface area contributed by atoms with Crippen LogP contribution in [0.2, 0.25) is 0 Å². The highest BCUT2D eigenvalue weighted by Gasteiger charge is 2.36. The van der Waals surface area contributed by atoms with Gasteiger partial charge in [-0.2, -0.15) is 0 Å². The number of piperidine rings is 1. The van der Waals surface area contributed by atoms with Crippen LogP contribution in [-0.2, 0) is 11.3 Å². The summed E-state index contributed by atoms with van der Waals surface area (Å²) >= 11 is 0. The zero-order chi connectivity index (χ0) is 20.5. The van der Waals surface area contributed by atoms with Gasteiger partial charge in [0.1, 0.15) is 0 Å². The number of fused-ring (bicyclic) bond motifs is 1. The van der Waals surface area contributed by atoms with Gasteiger partial charge in [0.2, 0.25) is 12.7 Å². The van der Waals surface area contributed by atoms with Gasteiger partial charge in [-0.1, -0.05) is 6.07 Å². The summed E-state index contributed by atoms with van der Waals surface area (Å²) in [5.41, 5.74) is 7.57. The second-order valence-corrected chi connectivity index (χ2v) is 9.00. The first-order valence-corrected chi connectivity index (χ1v) is 11.3. The number of benzene rings is 1. The fraction of sp³-hybridized carbons (Fsp3) is 0.682. The first-order chi connectivity index (χ1) is 14.7. The number of piperazine rings is 1. The van der Waals surface area contributed by atoms with Crippen molar-refractivity contribution in [2.75, 3.05) is 52.6 Å². The van der Waals surface area contributed by atoms with Crippen LogP contribution in [0.5, 0.6) is 11.5 Å². The molecule has 30 heavy (non-hydrogen) atoms. The minimum absolute atomic E-state index is 0.0577. The molecule has 0 aliphatic carbocycles. The summed E-state index contributed by atoms with van der Waals surface area (Å²) in [5, 5.41) is 0. The van der Waals surface area contributed by atoms with E-state index in [0.29, 0.717) is 18.7 Å². The third-order valence-electron chi connectivity index (χ3n) is 7.05. The molecule has 5 rings (SSSR count). The maximum atomic E-state index is 13.0. The Morgan fingerprint density at radius 3 is 2.77 bits per heavy atom. The Balaban J connectivity index is 1.12. The van der Waals surface area contributed by atoms with Crippen LogP contribution >= 0.6 is 0 Å². The summed E-state index contributed by atoms with van der Waals surface area (Å²) in [6, 6.07) is 6.95.